The van der Waals surface area contributed by atoms with Crippen LogP contribution in [0.15, 0.2) is 47.4 Å². The molecule has 0 bridgehead atoms. The maximum Gasteiger partial charge on any atom is 0.234 e. The second kappa shape index (κ2) is 7.09. The number of amides is 1. The molecule has 4 heteroatoms. The summed E-state index contributed by atoms with van der Waals surface area (Å²) in [4.78, 5) is 13.1. The summed E-state index contributed by atoms with van der Waals surface area (Å²) >= 11 is 1.51. The van der Waals surface area contributed by atoms with Crippen LogP contribution in [0.4, 0.5) is 5.69 Å². The van der Waals surface area contributed by atoms with Gasteiger partial charge in [0, 0.05) is 10.6 Å². The summed E-state index contributed by atoms with van der Waals surface area (Å²) in [6.07, 6.45) is 0. The first kappa shape index (κ1) is 17.4. The first-order valence-electron chi connectivity index (χ1n) is 7.58. The van der Waals surface area contributed by atoms with Crippen molar-refractivity contribution in [1.82, 2.24) is 0 Å². The lowest BCUT2D eigenvalue weighted by atomic mass is 9.87. The molecule has 0 aliphatic heterocycles. The largest absolute Gasteiger partial charge is 0.508 e. The first-order valence-corrected chi connectivity index (χ1v) is 8.57. The molecule has 0 atom stereocenters. The number of carbonyl (C=O) groups is 1. The van der Waals surface area contributed by atoms with Gasteiger partial charge in [-0.1, -0.05) is 32.9 Å². The fourth-order valence-corrected chi connectivity index (χ4v) is 2.83. The molecule has 2 rings (SSSR count). The zero-order chi connectivity index (χ0) is 17.0. The number of phenols is 1. The number of anilines is 1. The highest BCUT2D eigenvalue weighted by atomic mass is 32.2. The standard InChI is InChI=1S/C19H23NO2S/c1-13-11-15(7-10-17(13)21)20-18(22)12-23-16-8-5-14(6-9-16)19(2,3)4/h5-11,21H,12H2,1-4H3,(H,20,22). The Morgan fingerprint density at radius 2 is 1.78 bits per heavy atom. The molecule has 2 aromatic carbocycles. The summed E-state index contributed by atoms with van der Waals surface area (Å²) in [5, 5.41) is 12.3. The number of benzene rings is 2. The lowest BCUT2D eigenvalue weighted by Gasteiger charge is -2.19. The monoisotopic (exact) mass is 329 g/mol. The van der Waals surface area contributed by atoms with E-state index in [1.165, 1.54) is 17.3 Å². The zero-order valence-electron chi connectivity index (χ0n) is 14.0. The van der Waals surface area contributed by atoms with Gasteiger partial charge in [0.05, 0.1) is 5.75 Å². The Morgan fingerprint density at radius 1 is 1.13 bits per heavy atom. The molecule has 0 unspecified atom stereocenters. The highest BCUT2D eigenvalue weighted by Gasteiger charge is 2.13. The van der Waals surface area contributed by atoms with Crippen molar-refractivity contribution in [3.63, 3.8) is 0 Å². The lowest BCUT2D eigenvalue weighted by Crippen LogP contribution is -2.14. The van der Waals surface area contributed by atoms with Gasteiger partial charge in [0.15, 0.2) is 0 Å². The van der Waals surface area contributed by atoms with Gasteiger partial charge >= 0.3 is 0 Å². The molecule has 2 N–H and O–H groups in total. The van der Waals surface area contributed by atoms with Crippen LogP contribution in [0, 0.1) is 6.92 Å². The van der Waals surface area contributed by atoms with E-state index in [0.29, 0.717) is 11.4 Å². The zero-order valence-corrected chi connectivity index (χ0v) is 14.8. The Bertz CT molecular complexity index is 688. The Hall–Kier alpha value is -1.94. The normalized spacial score (nSPS) is 11.3. The van der Waals surface area contributed by atoms with Crippen molar-refractivity contribution < 1.29 is 9.90 Å². The number of phenolic OH excluding ortho intramolecular Hbond substituents is 1. The van der Waals surface area contributed by atoms with Crippen LogP contribution in [0.1, 0.15) is 31.9 Å². The number of carbonyl (C=O) groups excluding carboxylic acids is 1. The molecule has 3 nitrogen and oxygen atoms in total. The first-order chi connectivity index (χ1) is 10.8. The number of hydrogen-bond acceptors (Lipinski definition) is 3. The van der Waals surface area contributed by atoms with E-state index in [2.05, 4.69) is 50.4 Å². The molecule has 0 aliphatic rings. The minimum Gasteiger partial charge on any atom is -0.508 e. The summed E-state index contributed by atoms with van der Waals surface area (Å²) in [5.41, 5.74) is 2.87. The van der Waals surface area contributed by atoms with E-state index >= 15 is 0 Å². The van der Waals surface area contributed by atoms with E-state index < -0.39 is 0 Å². The molecule has 0 radical (unpaired) electrons. The second-order valence-electron chi connectivity index (χ2n) is 6.61. The number of aryl methyl sites for hydroxylation is 1. The van der Waals surface area contributed by atoms with Crippen molar-refractivity contribution in [2.75, 3.05) is 11.1 Å². The Morgan fingerprint density at radius 3 is 2.35 bits per heavy atom. The molecule has 0 aromatic heterocycles. The molecule has 1 amide bonds. The van der Waals surface area contributed by atoms with Gasteiger partial charge in [-0.05, 0) is 53.8 Å². The summed E-state index contributed by atoms with van der Waals surface area (Å²) in [6.45, 7) is 8.35. The van der Waals surface area contributed by atoms with Crippen molar-refractivity contribution in [3.05, 3.63) is 53.6 Å². The van der Waals surface area contributed by atoms with E-state index in [0.717, 1.165) is 10.5 Å². The third-order valence-corrected chi connectivity index (χ3v) is 4.58. The molecule has 0 heterocycles. The van der Waals surface area contributed by atoms with Crippen LogP contribution in [0.2, 0.25) is 0 Å². The van der Waals surface area contributed by atoms with E-state index in [-0.39, 0.29) is 17.1 Å². The van der Waals surface area contributed by atoms with Crippen LogP contribution in [0.3, 0.4) is 0 Å². The van der Waals surface area contributed by atoms with Crippen LogP contribution in [-0.4, -0.2) is 16.8 Å². The Kier molecular flexibility index (Phi) is 5.37. The molecule has 0 spiro atoms. The van der Waals surface area contributed by atoms with Gasteiger partial charge in [-0.3, -0.25) is 4.79 Å². The summed E-state index contributed by atoms with van der Waals surface area (Å²) < 4.78 is 0. The van der Waals surface area contributed by atoms with Crippen molar-refractivity contribution in [2.45, 2.75) is 38.0 Å². The van der Waals surface area contributed by atoms with Gasteiger partial charge in [-0.2, -0.15) is 0 Å². The SMILES string of the molecule is Cc1cc(NC(=O)CSc2ccc(C(C)(C)C)cc2)ccc1O. The van der Waals surface area contributed by atoms with Crippen molar-refractivity contribution in [3.8, 4) is 5.75 Å². The van der Waals surface area contributed by atoms with Gasteiger partial charge in [0.2, 0.25) is 5.91 Å². The van der Waals surface area contributed by atoms with Crippen molar-refractivity contribution in [1.29, 1.82) is 0 Å². The van der Waals surface area contributed by atoms with E-state index in [1.807, 2.05) is 0 Å². The average Bonchev–Trinajstić information content (AvgIpc) is 2.48. The van der Waals surface area contributed by atoms with Crippen molar-refractivity contribution in [2.24, 2.45) is 0 Å². The number of rotatable bonds is 4. The Labute approximate surface area is 142 Å². The highest BCUT2D eigenvalue weighted by molar-refractivity contribution is 8.00. The lowest BCUT2D eigenvalue weighted by molar-refractivity contribution is -0.113. The van der Waals surface area contributed by atoms with Crippen LogP contribution in [0.5, 0.6) is 5.75 Å². The summed E-state index contributed by atoms with van der Waals surface area (Å²) in [7, 11) is 0. The average molecular weight is 329 g/mol. The minimum absolute atomic E-state index is 0.0556. The second-order valence-corrected chi connectivity index (χ2v) is 7.66. The minimum atomic E-state index is -0.0556. The maximum atomic E-state index is 12.0. The fourth-order valence-electron chi connectivity index (χ4n) is 2.13. The predicted octanol–water partition coefficient (Wildman–Crippen LogP) is 4.73. The number of thioether (sulfide) groups is 1. The van der Waals surface area contributed by atoms with Crippen LogP contribution in [0.25, 0.3) is 0 Å². The molecule has 0 saturated carbocycles. The number of nitrogens with one attached hydrogen (secondary N) is 1. The smallest absolute Gasteiger partial charge is 0.234 e. The highest BCUT2D eigenvalue weighted by Crippen LogP contribution is 2.26. The van der Waals surface area contributed by atoms with E-state index in [1.54, 1.807) is 25.1 Å². The molecular formula is C19H23NO2S. The Balaban J connectivity index is 1.90. The van der Waals surface area contributed by atoms with Gasteiger partial charge in [-0.25, -0.2) is 0 Å². The maximum absolute atomic E-state index is 12.0. The summed E-state index contributed by atoms with van der Waals surface area (Å²) in [5.74, 6) is 0.533. The molecule has 0 fully saturated rings. The van der Waals surface area contributed by atoms with Gasteiger partial charge in [-0.15, -0.1) is 11.8 Å². The molecular weight excluding hydrogens is 306 g/mol. The molecule has 2 aromatic rings. The number of aromatic hydroxyl groups is 1. The fraction of sp³-hybridized carbons (Fsp3) is 0.316. The third kappa shape index (κ3) is 5.03. The third-order valence-electron chi connectivity index (χ3n) is 3.57. The van der Waals surface area contributed by atoms with Gasteiger partial charge < -0.3 is 10.4 Å². The van der Waals surface area contributed by atoms with E-state index in [4.69, 9.17) is 0 Å². The van der Waals surface area contributed by atoms with Gasteiger partial charge in [0.25, 0.3) is 0 Å². The predicted molar refractivity (Wildman–Crippen MR) is 97.3 cm³/mol. The van der Waals surface area contributed by atoms with E-state index in [9.17, 15) is 9.90 Å². The van der Waals surface area contributed by atoms with Gasteiger partial charge in [0.1, 0.15) is 5.75 Å². The molecule has 0 saturated heterocycles. The van der Waals surface area contributed by atoms with Crippen LogP contribution < -0.4 is 5.32 Å². The molecule has 23 heavy (non-hydrogen) atoms. The van der Waals surface area contributed by atoms with Crippen LogP contribution >= 0.6 is 11.8 Å². The molecule has 122 valence electrons. The van der Waals surface area contributed by atoms with Crippen molar-refractivity contribution >= 4 is 23.4 Å². The number of hydrogen-bond donors (Lipinski definition) is 2. The van der Waals surface area contributed by atoms with Crippen LogP contribution in [-0.2, 0) is 10.2 Å². The quantitative estimate of drug-likeness (QED) is 0.630. The topological polar surface area (TPSA) is 49.3 Å². The molecule has 0 aliphatic carbocycles. The summed E-state index contributed by atoms with van der Waals surface area (Å²) in [6, 6.07) is 13.4.